The summed E-state index contributed by atoms with van der Waals surface area (Å²) in [5.41, 5.74) is 8.37. The minimum atomic E-state index is 0.783. The van der Waals surface area contributed by atoms with Crippen LogP contribution in [0.25, 0.3) is 0 Å². The molecule has 0 aromatic heterocycles. The van der Waals surface area contributed by atoms with Crippen LogP contribution in [-0.4, -0.2) is 12.4 Å². The van der Waals surface area contributed by atoms with Crippen LogP contribution in [0.5, 0.6) is 0 Å². The van der Waals surface area contributed by atoms with E-state index < -0.39 is 0 Å². The number of hydrogen-bond donors (Lipinski definition) is 1. The van der Waals surface area contributed by atoms with Gasteiger partial charge in [-0.2, -0.15) is 0 Å². The summed E-state index contributed by atoms with van der Waals surface area (Å²) in [4.78, 5) is 4.33. The van der Waals surface area contributed by atoms with E-state index in [1.54, 1.807) is 0 Å². The summed E-state index contributed by atoms with van der Waals surface area (Å²) in [6, 6.07) is 8.53. The molecular formula is C13H20N2. The fraction of sp³-hybridized carbons (Fsp3) is 0.462. The van der Waals surface area contributed by atoms with Gasteiger partial charge < -0.3 is 5.73 Å². The van der Waals surface area contributed by atoms with Crippen LogP contribution in [0.4, 0.5) is 0 Å². The second-order valence-electron chi connectivity index (χ2n) is 3.86. The summed E-state index contributed by atoms with van der Waals surface area (Å²) < 4.78 is 0. The number of nitrogens with two attached hydrogens (primary N) is 1. The van der Waals surface area contributed by atoms with Crippen molar-refractivity contribution >= 4 is 5.84 Å². The summed E-state index contributed by atoms with van der Waals surface area (Å²) in [7, 11) is 0. The van der Waals surface area contributed by atoms with E-state index in [0.717, 1.165) is 31.6 Å². The number of aryl methyl sites for hydroxylation is 1. The topological polar surface area (TPSA) is 38.4 Å². The molecule has 0 saturated carbocycles. The van der Waals surface area contributed by atoms with Crippen LogP contribution in [0.1, 0.15) is 30.9 Å². The third-order valence-corrected chi connectivity index (χ3v) is 2.30. The van der Waals surface area contributed by atoms with Crippen molar-refractivity contribution in [3.63, 3.8) is 0 Å². The standard InChI is InChI=1S/C13H20N2/c1-3-5-13(14)15-9-8-12-7-4-6-11(2)10-12/h4,6-7,10H,3,5,8-9H2,1-2H3,(H2,14,15). The van der Waals surface area contributed by atoms with E-state index >= 15 is 0 Å². The highest BCUT2D eigenvalue weighted by Crippen LogP contribution is 2.04. The van der Waals surface area contributed by atoms with Gasteiger partial charge in [0.2, 0.25) is 0 Å². The first kappa shape index (κ1) is 11.8. The average molecular weight is 204 g/mol. The monoisotopic (exact) mass is 204 g/mol. The molecule has 0 atom stereocenters. The van der Waals surface area contributed by atoms with E-state index in [-0.39, 0.29) is 0 Å². The highest BCUT2D eigenvalue weighted by molar-refractivity contribution is 5.80. The van der Waals surface area contributed by atoms with Gasteiger partial charge in [0.25, 0.3) is 0 Å². The lowest BCUT2D eigenvalue weighted by molar-refractivity contribution is 0.925. The zero-order chi connectivity index (χ0) is 11.1. The van der Waals surface area contributed by atoms with Gasteiger partial charge in [-0.1, -0.05) is 36.8 Å². The van der Waals surface area contributed by atoms with Gasteiger partial charge in [0.05, 0.1) is 5.84 Å². The molecule has 82 valence electrons. The molecular weight excluding hydrogens is 184 g/mol. The molecule has 0 bridgehead atoms. The van der Waals surface area contributed by atoms with Crippen LogP contribution < -0.4 is 5.73 Å². The Balaban J connectivity index is 2.40. The Bertz CT molecular complexity index is 329. The molecule has 0 heterocycles. The van der Waals surface area contributed by atoms with Crippen molar-refractivity contribution in [3.8, 4) is 0 Å². The number of benzene rings is 1. The minimum Gasteiger partial charge on any atom is -0.387 e. The van der Waals surface area contributed by atoms with Crippen molar-refractivity contribution in [2.45, 2.75) is 33.1 Å². The second kappa shape index (κ2) is 6.23. The molecule has 1 aromatic carbocycles. The minimum absolute atomic E-state index is 0.783. The Kier molecular flexibility index (Phi) is 4.88. The quantitative estimate of drug-likeness (QED) is 0.581. The zero-order valence-corrected chi connectivity index (χ0v) is 9.66. The van der Waals surface area contributed by atoms with Crippen molar-refractivity contribution in [1.29, 1.82) is 0 Å². The number of rotatable bonds is 5. The number of nitrogens with zero attached hydrogens (tertiary/aromatic N) is 1. The van der Waals surface area contributed by atoms with Crippen molar-refractivity contribution in [3.05, 3.63) is 35.4 Å². The summed E-state index contributed by atoms with van der Waals surface area (Å²) in [5, 5.41) is 0. The first-order valence-electron chi connectivity index (χ1n) is 5.56. The molecule has 0 aliphatic carbocycles. The highest BCUT2D eigenvalue weighted by atomic mass is 14.8. The smallest absolute Gasteiger partial charge is 0.0937 e. The normalized spacial score (nSPS) is 11.7. The van der Waals surface area contributed by atoms with E-state index in [1.807, 2.05) is 0 Å². The van der Waals surface area contributed by atoms with Crippen molar-refractivity contribution < 1.29 is 0 Å². The summed E-state index contributed by atoms with van der Waals surface area (Å²) in [5.74, 6) is 0.783. The van der Waals surface area contributed by atoms with Gasteiger partial charge in [0.15, 0.2) is 0 Å². The molecule has 0 unspecified atom stereocenters. The first-order valence-corrected chi connectivity index (χ1v) is 5.56. The maximum Gasteiger partial charge on any atom is 0.0937 e. The average Bonchev–Trinajstić information content (AvgIpc) is 2.18. The summed E-state index contributed by atoms with van der Waals surface area (Å²) in [6.07, 6.45) is 2.96. The number of hydrogen-bond acceptors (Lipinski definition) is 1. The molecule has 2 N–H and O–H groups in total. The van der Waals surface area contributed by atoms with E-state index in [0.29, 0.717) is 0 Å². The lowest BCUT2D eigenvalue weighted by Crippen LogP contribution is -2.11. The van der Waals surface area contributed by atoms with Gasteiger partial charge in [-0.05, 0) is 25.3 Å². The molecule has 0 fully saturated rings. The van der Waals surface area contributed by atoms with E-state index in [1.165, 1.54) is 11.1 Å². The van der Waals surface area contributed by atoms with Gasteiger partial charge in [0.1, 0.15) is 0 Å². The Morgan fingerprint density at radius 1 is 1.40 bits per heavy atom. The van der Waals surface area contributed by atoms with Gasteiger partial charge in [-0.15, -0.1) is 0 Å². The Labute approximate surface area is 92.2 Å². The van der Waals surface area contributed by atoms with Gasteiger partial charge in [-0.25, -0.2) is 0 Å². The van der Waals surface area contributed by atoms with Crippen molar-refractivity contribution in [1.82, 2.24) is 0 Å². The highest BCUT2D eigenvalue weighted by Gasteiger charge is 1.93. The molecule has 1 rings (SSSR count). The summed E-state index contributed by atoms with van der Waals surface area (Å²) in [6.45, 7) is 5.02. The molecule has 2 nitrogen and oxygen atoms in total. The van der Waals surface area contributed by atoms with Crippen LogP contribution >= 0.6 is 0 Å². The van der Waals surface area contributed by atoms with E-state index in [2.05, 4.69) is 43.1 Å². The molecule has 0 aliphatic heterocycles. The van der Waals surface area contributed by atoms with Crippen LogP contribution in [0, 0.1) is 6.92 Å². The third-order valence-electron chi connectivity index (χ3n) is 2.30. The largest absolute Gasteiger partial charge is 0.387 e. The van der Waals surface area contributed by atoms with E-state index in [9.17, 15) is 0 Å². The molecule has 0 aliphatic rings. The van der Waals surface area contributed by atoms with Crippen molar-refractivity contribution in [2.24, 2.45) is 10.7 Å². The number of amidine groups is 1. The molecule has 0 saturated heterocycles. The van der Waals surface area contributed by atoms with E-state index in [4.69, 9.17) is 5.73 Å². The van der Waals surface area contributed by atoms with Gasteiger partial charge in [-0.3, -0.25) is 4.99 Å². The molecule has 2 heteroatoms. The second-order valence-corrected chi connectivity index (χ2v) is 3.86. The Hall–Kier alpha value is -1.31. The predicted molar refractivity (Wildman–Crippen MR) is 66.3 cm³/mol. The molecule has 1 aromatic rings. The molecule has 0 radical (unpaired) electrons. The fourth-order valence-corrected chi connectivity index (χ4v) is 1.53. The first-order chi connectivity index (χ1) is 7.22. The predicted octanol–water partition coefficient (Wildman–Crippen LogP) is 2.69. The summed E-state index contributed by atoms with van der Waals surface area (Å²) >= 11 is 0. The van der Waals surface area contributed by atoms with Crippen LogP contribution in [0.3, 0.4) is 0 Å². The Morgan fingerprint density at radius 3 is 2.87 bits per heavy atom. The SMILES string of the molecule is CCCC(N)=NCCc1cccc(C)c1. The Morgan fingerprint density at radius 2 is 2.20 bits per heavy atom. The van der Waals surface area contributed by atoms with Crippen LogP contribution in [0.15, 0.2) is 29.3 Å². The van der Waals surface area contributed by atoms with Gasteiger partial charge >= 0.3 is 0 Å². The maximum absolute atomic E-state index is 5.73. The molecule has 15 heavy (non-hydrogen) atoms. The lowest BCUT2D eigenvalue weighted by atomic mass is 10.1. The lowest BCUT2D eigenvalue weighted by Gasteiger charge is -2.01. The third kappa shape index (κ3) is 4.63. The molecule has 0 spiro atoms. The van der Waals surface area contributed by atoms with Crippen LogP contribution in [0.2, 0.25) is 0 Å². The van der Waals surface area contributed by atoms with Gasteiger partial charge in [0, 0.05) is 13.0 Å². The molecule has 0 amide bonds. The zero-order valence-electron chi connectivity index (χ0n) is 9.66. The maximum atomic E-state index is 5.73. The van der Waals surface area contributed by atoms with Crippen LogP contribution in [-0.2, 0) is 6.42 Å². The van der Waals surface area contributed by atoms with Crippen molar-refractivity contribution in [2.75, 3.05) is 6.54 Å². The fourth-order valence-electron chi connectivity index (χ4n) is 1.53. The number of aliphatic imine (C=N–C) groups is 1.